The van der Waals surface area contributed by atoms with Gasteiger partial charge in [-0.25, -0.2) is 0 Å². The van der Waals surface area contributed by atoms with Crippen molar-refractivity contribution in [1.29, 1.82) is 0 Å². The van der Waals surface area contributed by atoms with Crippen molar-refractivity contribution < 1.29 is 9.66 Å². The molecule has 1 atom stereocenters. The summed E-state index contributed by atoms with van der Waals surface area (Å²) in [5.74, 6) is 0.577. The van der Waals surface area contributed by atoms with Crippen LogP contribution in [0.15, 0.2) is 12.3 Å². The second kappa shape index (κ2) is 6.41. The fourth-order valence-electron chi connectivity index (χ4n) is 3.99. The Labute approximate surface area is 136 Å². The lowest BCUT2D eigenvalue weighted by molar-refractivity contribution is -0.386. The lowest BCUT2D eigenvalue weighted by Gasteiger charge is -2.48. The van der Waals surface area contributed by atoms with Crippen molar-refractivity contribution in [1.82, 2.24) is 15.2 Å². The molecular weight excluding hydrogens is 296 g/mol. The number of likely N-dealkylation sites (tertiary alicyclic amines) is 1. The molecule has 0 amide bonds. The van der Waals surface area contributed by atoms with Crippen LogP contribution in [-0.2, 0) is 0 Å². The number of hydrogen-bond donors (Lipinski definition) is 1. The second-order valence-corrected chi connectivity index (χ2v) is 6.71. The first kappa shape index (κ1) is 16.1. The maximum atomic E-state index is 11.1. The normalized spacial score (nSPS) is 24.5. The molecule has 2 aliphatic heterocycles. The van der Waals surface area contributed by atoms with Gasteiger partial charge in [-0.1, -0.05) is 0 Å². The molecule has 2 aliphatic rings. The van der Waals surface area contributed by atoms with Crippen LogP contribution >= 0.6 is 0 Å². The van der Waals surface area contributed by atoms with E-state index in [-0.39, 0.29) is 17.0 Å². The van der Waals surface area contributed by atoms with Crippen molar-refractivity contribution in [3.8, 4) is 5.75 Å². The summed E-state index contributed by atoms with van der Waals surface area (Å²) in [4.78, 5) is 17.4. The van der Waals surface area contributed by atoms with Gasteiger partial charge in [0.15, 0.2) is 5.75 Å². The standard InChI is InChI=1S/C16H24N4O3/c1-19-7-4-16(5-8-19)3-6-17-10-12(16)13-9-15(23-2)14(11-18-13)20(21)22/h9,11-12,17H,3-8,10H2,1-2H3. The van der Waals surface area contributed by atoms with Gasteiger partial charge in [0.1, 0.15) is 6.20 Å². The zero-order valence-corrected chi connectivity index (χ0v) is 13.7. The number of pyridine rings is 1. The zero-order chi connectivity index (χ0) is 16.4. The van der Waals surface area contributed by atoms with Crippen LogP contribution in [0.4, 0.5) is 5.69 Å². The first-order valence-corrected chi connectivity index (χ1v) is 8.13. The molecule has 2 fully saturated rings. The number of methoxy groups -OCH3 is 1. The molecule has 0 radical (unpaired) electrons. The average molecular weight is 320 g/mol. The number of rotatable bonds is 3. The van der Waals surface area contributed by atoms with E-state index in [9.17, 15) is 10.1 Å². The molecule has 7 nitrogen and oxygen atoms in total. The van der Waals surface area contributed by atoms with E-state index in [2.05, 4.69) is 22.2 Å². The van der Waals surface area contributed by atoms with E-state index < -0.39 is 4.92 Å². The van der Waals surface area contributed by atoms with Gasteiger partial charge >= 0.3 is 5.69 Å². The molecule has 0 saturated carbocycles. The van der Waals surface area contributed by atoms with Gasteiger partial charge in [-0.05, 0) is 51.4 Å². The third-order valence-electron chi connectivity index (χ3n) is 5.51. The first-order valence-electron chi connectivity index (χ1n) is 8.13. The van der Waals surface area contributed by atoms with Gasteiger partial charge in [-0.15, -0.1) is 0 Å². The van der Waals surface area contributed by atoms with Crippen LogP contribution < -0.4 is 10.1 Å². The van der Waals surface area contributed by atoms with Crippen LogP contribution in [0.25, 0.3) is 0 Å². The lowest BCUT2D eigenvalue weighted by atomic mass is 9.63. The van der Waals surface area contributed by atoms with Crippen LogP contribution in [-0.4, -0.2) is 55.1 Å². The number of nitro groups is 1. The van der Waals surface area contributed by atoms with Crippen molar-refractivity contribution in [3.63, 3.8) is 0 Å². The number of nitrogens with one attached hydrogen (secondary N) is 1. The van der Waals surface area contributed by atoms with Gasteiger partial charge in [0.05, 0.1) is 12.0 Å². The van der Waals surface area contributed by atoms with Crippen LogP contribution in [0.2, 0.25) is 0 Å². The highest BCUT2D eigenvalue weighted by atomic mass is 16.6. The molecular formula is C16H24N4O3. The minimum Gasteiger partial charge on any atom is -0.490 e. The molecule has 126 valence electrons. The Morgan fingerprint density at radius 1 is 1.43 bits per heavy atom. The Balaban J connectivity index is 1.93. The fourth-order valence-corrected chi connectivity index (χ4v) is 3.99. The summed E-state index contributed by atoms with van der Waals surface area (Å²) < 4.78 is 5.22. The van der Waals surface area contributed by atoms with E-state index in [1.165, 1.54) is 13.3 Å². The van der Waals surface area contributed by atoms with Crippen molar-refractivity contribution in [2.75, 3.05) is 40.3 Å². The Morgan fingerprint density at radius 3 is 2.83 bits per heavy atom. The molecule has 0 bridgehead atoms. The molecule has 7 heteroatoms. The highest BCUT2D eigenvalue weighted by Gasteiger charge is 2.44. The molecule has 1 aromatic rings. The number of nitrogens with zero attached hydrogens (tertiary/aromatic N) is 3. The Bertz CT molecular complexity index is 585. The molecule has 1 N–H and O–H groups in total. The van der Waals surface area contributed by atoms with E-state index in [1.807, 2.05) is 0 Å². The van der Waals surface area contributed by atoms with Gasteiger partial charge in [0.25, 0.3) is 0 Å². The summed E-state index contributed by atoms with van der Waals surface area (Å²) in [6, 6.07) is 1.76. The summed E-state index contributed by atoms with van der Waals surface area (Å²) in [5, 5.41) is 14.5. The van der Waals surface area contributed by atoms with Gasteiger partial charge < -0.3 is 15.0 Å². The number of ether oxygens (including phenoxy) is 1. The minimum absolute atomic E-state index is 0.0718. The summed E-state index contributed by atoms with van der Waals surface area (Å²) in [7, 11) is 3.63. The summed E-state index contributed by atoms with van der Waals surface area (Å²) in [5.41, 5.74) is 1.08. The highest BCUT2D eigenvalue weighted by molar-refractivity contribution is 5.46. The lowest BCUT2D eigenvalue weighted by Crippen LogP contribution is -2.49. The third-order valence-corrected chi connectivity index (χ3v) is 5.51. The molecule has 1 spiro atoms. The molecule has 0 aliphatic carbocycles. The van der Waals surface area contributed by atoms with E-state index in [0.29, 0.717) is 5.75 Å². The fraction of sp³-hybridized carbons (Fsp3) is 0.688. The van der Waals surface area contributed by atoms with Crippen molar-refractivity contribution >= 4 is 5.69 Å². The van der Waals surface area contributed by atoms with Crippen molar-refractivity contribution in [3.05, 3.63) is 28.1 Å². The van der Waals surface area contributed by atoms with Crippen molar-refractivity contribution in [2.24, 2.45) is 5.41 Å². The van der Waals surface area contributed by atoms with Gasteiger partial charge in [-0.2, -0.15) is 0 Å². The number of piperidine rings is 2. The first-order chi connectivity index (χ1) is 11.1. The molecule has 0 aromatic carbocycles. The van der Waals surface area contributed by atoms with Crippen LogP contribution in [0.1, 0.15) is 30.9 Å². The number of hydrogen-bond acceptors (Lipinski definition) is 6. The largest absolute Gasteiger partial charge is 0.490 e. The van der Waals surface area contributed by atoms with Gasteiger partial charge in [-0.3, -0.25) is 15.1 Å². The quantitative estimate of drug-likeness (QED) is 0.675. The Kier molecular flexibility index (Phi) is 4.50. The topological polar surface area (TPSA) is 80.5 Å². The third kappa shape index (κ3) is 3.03. The van der Waals surface area contributed by atoms with E-state index in [1.54, 1.807) is 6.07 Å². The maximum Gasteiger partial charge on any atom is 0.329 e. The molecule has 23 heavy (non-hydrogen) atoms. The van der Waals surface area contributed by atoms with E-state index >= 15 is 0 Å². The Morgan fingerprint density at radius 2 is 2.17 bits per heavy atom. The predicted octanol–water partition coefficient (Wildman–Crippen LogP) is 1.79. The number of aromatic nitrogens is 1. The Hall–Kier alpha value is -1.73. The SMILES string of the molecule is COc1cc(C2CNCCC23CCN(C)CC3)ncc1[N+](=O)[O-]. The minimum atomic E-state index is -0.444. The van der Waals surface area contributed by atoms with Crippen LogP contribution in [0.3, 0.4) is 0 Å². The molecule has 3 heterocycles. The van der Waals surface area contributed by atoms with E-state index in [0.717, 1.165) is 51.1 Å². The van der Waals surface area contributed by atoms with Gasteiger partial charge in [0, 0.05) is 24.2 Å². The maximum absolute atomic E-state index is 11.1. The monoisotopic (exact) mass is 320 g/mol. The summed E-state index contributed by atoms with van der Waals surface area (Å²) >= 11 is 0. The molecule has 1 aromatic heterocycles. The predicted molar refractivity (Wildman–Crippen MR) is 86.8 cm³/mol. The zero-order valence-electron chi connectivity index (χ0n) is 13.7. The van der Waals surface area contributed by atoms with E-state index in [4.69, 9.17) is 4.74 Å². The second-order valence-electron chi connectivity index (χ2n) is 6.71. The molecule has 1 unspecified atom stereocenters. The average Bonchev–Trinajstić information content (AvgIpc) is 2.57. The smallest absolute Gasteiger partial charge is 0.329 e. The molecule has 2 saturated heterocycles. The molecule has 3 rings (SSSR count). The highest BCUT2D eigenvalue weighted by Crippen LogP contribution is 2.48. The van der Waals surface area contributed by atoms with Gasteiger partial charge in [0.2, 0.25) is 0 Å². The van der Waals surface area contributed by atoms with Crippen LogP contribution in [0, 0.1) is 15.5 Å². The van der Waals surface area contributed by atoms with Crippen LogP contribution in [0.5, 0.6) is 5.75 Å². The van der Waals surface area contributed by atoms with Crippen molar-refractivity contribution in [2.45, 2.75) is 25.2 Å². The summed E-state index contributed by atoms with van der Waals surface area (Å²) in [6.07, 6.45) is 4.77. The summed E-state index contributed by atoms with van der Waals surface area (Å²) in [6.45, 7) is 4.10.